The van der Waals surface area contributed by atoms with Crippen LogP contribution in [0.1, 0.15) is 23.0 Å². The summed E-state index contributed by atoms with van der Waals surface area (Å²) in [6.45, 7) is 3.02. The normalized spacial score (nSPS) is 10.4. The highest BCUT2D eigenvalue weighted by Gasteiger charge is 2.13. The van der Waals surface area contributed by atoms with Crippen molar-refractivity contribution in [3.05, 3.63) is 82.3 Å². The molecule has 0 spiro atoms. The molecule has 3 aromatic rings. The molecule has 2 aromatic carbocycles. The van der Waals surface area contributed by atoms with Gasteiger partial charge < -0.3 is 5.32 Å². The highest BCUT2D eigenvalue weighted by Crippen LogP contribution is 2.16. The number of nitrogens with one attached hydrogen (secondary N) is 1. The molecule has 136 valence electrons. The predicted octanol–water partition coefficient (Wildman–Crippen LogP) is 3.06. The van der Waals surface area contributed by atoms with Crippen molar-refractivity contribution >= 4 is 17.4 Å². The monoisotopic (exact) mass is 361 g/mol. The number of benzene rings is 2. The number of rotatable bonds is 5. The smallest absolute Gasteiger partial charge is 0.254 e. The molecule has 1 heterocycles. The first-order chi connectivity index (χ1) is 12.9. The van der Waals surface area contributed by atoms with Crippen LogP contribution in [0.4, 0.5) is 5.69 Å². The lowest BCUT2D eigenvalue weighted by Crippen LogP contribution is -2.29. The van der Waals surface area contributed by atoms with Gasteiger partial charge in [0.1, 0.15) is 12.4 Å². The topological polar surface area (TPSA) is 81.1 Å². The third kappa shape index (κ3) is 4.36. The van der Waals surface area contributed by atoms with Gasteiger partial charge in [0.2, 0.25) is 5.91 Å². The molecule has 3 rings (SSSR count). The van der Waals surface area contributed by atoms with Crippen molar-refractivity contribution in [2.45, 2.75) is 20.4 Å². The van der Waals surface area contributed by atoms with Crippen LogP contribution in [-0.4, -0.2) is 21.2 Å². The first-order valence-electron chi connectivity index (χ1n) is 8.49. The second-order valence-corrected chi connectivity index (χ2v) is 6.20. The molecule has 1 amide bonds. The van der Waals surface area contributed by atoms with Gasteiger partial charge in [0, 0.05) is 28.6 Å². The summed E-state index contributed by atoms with van der Waals surface area (Å²) < 4.78 is 1.34. The summed E-state index contributed by atoms with van der Waals surface area (Å²) in [7, 11) is 0. The van der Waals surface area contributed by atoms with Crippen LogP contribution in [0.25, 0.3) is 11.4 Å². The number of Topliss-reactive ketones (excluding diaryl/α,β-unsaturated/α-hetero) is 1. The van der Waals surface area contributed by atoms with Crippen LogP contribution >= 0.6 is 0 Å². The highest BCUT2D eigenvalue weighted by molar-refractivity contribution is 5.97. The van der Waals surface area contributed by atoms with Gasteiger partial charge in [0.15, 0.2) is 5.78 Å². The summed E-state index contributed by atoms with van der Waals surface area (Å²) in [6.07, 6.45) is 0. The number of nitrogens with zero attached hydrogens (tertiary/aromatic N) is 2. The molecule has 0 aliphatic heterocycles. The van der Waals surface area contributed by atoms with Crippen molar-refractivity contribution in [2.24, 2.45) is 0 Å². The number of aromatic nitrogens is 2. The van der Waals surface area contributed by atoms with Crippen LogP contribution in [0.5, 0.6) is 0 Å². The van der Waals surface area contributed by atoms with E-state index >= 15 is 0 Å². The number of amides is 1. The first-order valence-corrected chi connectivity index (χ1v) is 8.49. The van der Waals surface area contributed by atoms with Crippen LogP contribution in [0, 0.1) is 6.92 Å². The number of hydrogen-bond acceptors (Lipinski definition) is 4. The van der Waals surface area contributed by atoms with Crippen LogP contribution in [0.2, 0.25) is 0 Å². The van der Waals surface area contributed by atoms with Crippen molar-refractivity contribution < 1.29 is 9.59 Å². The van der Waals surface area contributed by atoms with Gasteiger partial charge in [-0.1, -0.05) is 42.5 Å². The van der Waals surface area contributed by atoms with E-state index in [2.05, 4.69) is 10.3 Å². The quantitative estimate of drug-likeness (QED) is 0.708. The van der Waals surface area contributed by atoms with Crippen molar-refractivity contribution in [1.82, 2.24) is 9.55 Å². The number of carbonyl (C=O) groups excluding carboxylic acids is 2. The maximum absolute atomic E-state index is 12.5. The van der Waals surface area contributed by atoms with Crippen LogP contribution in [0.15, 0.2) is 65.5 Å². The molecule has 0 unspecified atom stereocenters. The van der Waals surface area contributed by atoms with Gasteiger partial charge in [0.25, 0.3) is 5.56 Å². The van der Waals surface area contributed by atoms with E-state index in [-0.39, 0.29) is 23.8 Å². The lowest BCUT2D eigenvalue weighted by atomic mass is 10.1. The zero-order valence-electron chi connectivity index (χ0n) is 15.1. The first kappa shape index (κ1) is 18.3. The van der Waals surface area contributed by atoms with E-state index in [1.165, 1.54) is 17.6 Å². The summed E-state index contributed by atoms with van der Waals surface area (Å²) in [5.41, 5.74) is 2.05. The maximum atomic E-state index is 12.5. The average molecular weight is 361 g/mol. The molecule has 1 aromatic heterocycles. The fourth-order valence-corrected chi connectivity index (χ4v) is 2.74. The Morgan fingerprint density at radius 2 is 1.78 bits per heavy atom. The van der Waals surface area contributed by atoms with E-state index in [1.807, 2.05) is 30.3 Å². The van der Waals surface area contributed by atoms with Gasteiger partial charge in [-0.3, -0.25) is 19.0 Å². The number of aryl methyl sites for hydroxylation is 1. The van der Waals surface area contributed by atoms with E-state index in [9.17, 15) is 14.4 Å². The molecule has 0 bridgehead atoms. The van der Waals surface area contributed by atoms with Gasteiger partial charge in [-0.25, -0.2) is 4.98 Å². The largest absolute Gasteiger partial charge is 0.325 e. The Morgan fingerprint density at radius 1 is 1.04 bits per heavy atom. The molecule has 0 saturated heterocycles. The van der Waals surface area contributed by atoms with E-state index in [4.69, 9.17) is 0 Å². The van der Waals surface area contributed by atoms with Crippen molar-refractivity contribution in [2.75, 3.05) is 5.32 Å². The molecule has 0 aliphatic carbocycles. The Morgan fingerprint density at radius 3 is 2.48 bits per heavy atom. The number of carbonyl (C=O) groups is 2. The molecular formula is C21H19N3O3. The Hall–Kier alpha value is -3.54. The average Bonchev–Trinajstić information content (AvgIpc) is 2.64. The van der Waals surface area contributed by atoms with Gasteiger partial charge >= 0.3 is 0 Å². The molecule has 6 nitrogen and oxygen atoms in total. The Kier molecular flexibility index (Phi) is 5.26. The minimum absolute atomic E-state index is 0.0867. The third-order valence-corrected chi connectivity index (χ3v) is 4.02. The maximum Gasteiger partial charge on any atom is 0.254 e. The van der Waals surface area contributed by atoms with Crippen LogP contribution in [-0.2, 0) is 11.3 Å². The number of ketones is 1. The molecule has 0 atom stereocenters. The summed E-state index contributed by atoms with van der Waals surface area (Å²) in [6, 6.07) is 17.3. The molecule has 0 radical (unpaired) electrons. The third-order valence-electron chi connectivity index (χ3n) is 4.02. The second-order valence-electron chi connectivity index (χ2n) is 6.20. The Balaban J connectivity index is 1.89. The van der Waals surface area contributed by atoms with Crippen molar-refractivity contribution in [3.8, 4) is 11.4 Å². The lowest BCUT2D eigenvalue weighted by Gasteiger charge is -2.13. The van der Waals surface area contributed by atoms with Gasteiger partial charge in [-0.2, -0.15) is 0 Å². The van der Waals surface area contributed by atoms with Crippen LogP contribution in [0.3, 0.4) is 0 Å². The molecule has 6 heteroatoms. The van der Waals surface area contributed by atoms with E-state index < -0.39 is 0 Å². The van der Waals surface area contributed by atoms with E-state index in [1.54, 1.807) is 31.2 Å². The predicted molar refractivity (Wildman–Crippen MR) is 104 cm³/mol. The van der Waals surface area contributed by atoms with Gasteiger partial charge in [-0.15, -0.1) is 0 Å². The standard InChI is InChI=1S/C21H19N3O3/c1-14-11-20(27)24(21(22-14)16-7-4-3-5-8-16)13-19(26)23-18-10-6-9-17(12-18)15(2)25/h3-12H,13H2,1-2H3,(H,23,26). The summed E-state index contributed by atoms with van der Waals surface area (Å²) in [5.74, 6) is -0.0229. The molecule has 0 aliphatic rings. The zero-order chi connectivity index (χ0) is 19.4. The fraction of sp³-hybridized carbons (Fsp3) is 0.143. The highest BCUT2D eigenvalue weighted by atomic mass is 16.2. The van der Waals surface area contributed by atoms with Crippen molar-refractivity contribution in [1.29, 1.82) is 0 Å². The second kappa shape index (κ2) is 7.78. The van der Waals surface area contributed by atoms with Gasteiger partial charge in [-0.05, 0) is 26.0 Å². The minimum Gasteiger partial charge on any atom is -0.325 e. The van der Waals surface area contributed by atoms with Gasteiger partial charge in [0.05, 0.1) is 0 Å². The summed E-state index contributed by atoms with van der Waals surface area (Å²) in [5, 5.41) is 2.73. The number of anilines is 1. The zero-order valence-corrected chi connectivity index (χ0v) is 15.1. The Labute approximate surface area is 156 Å². The molecule has 1 N–H and O–H groups in total. The Bertz CT molecular complexity index is 1060. The minimum atomic E-state index is -0.374. The van der Waals surface area contributed by atoms with E-state index in [0.717, 1.165) is 5.56 Å². The lowest BCUT2D eigenvalue weighted by molar-refractivity contribution is -0.116. The fourth-order valence-electron chi connectivity index (χ4n) is 2.74. The molecule has 27 heavy (non-hydrogen) atoms. The summed E-state index contributed by atoms with van der Waals surface area (Å²) in [4.78, 5) is 40.9. The van der Waals surface area contributed by atoms with E-state index in [0.29, 0.717) is 22.8 Å². The SMILES string of the molecule is CC(=O)c1cccc(NC(=O)Cn2c(-c3ccccc3)nc(C)cc2=O)c1. The van der Waals surface area contributed by atoms with Crippen molar-refractivity contribution in [3.63, 3.8) is 0 Å². The van der Waals surface area contributed by atoms with Crippen LogP contribution < -0.4 is 10.9 Å². The number of hydrogen-bond donors (Lipinski definition) is 1. The molecular weight excluding hydrogens is 342 g/mol. The summed E-state index contributed by atoms with van der Waals surface area (Å²) >= 11 is 0. The molecule has 0 fully saturated rings. The molecule has 0 saturated carbocycles.